The Morgan fingerprint density at radius 3 is 2.92 bits per heavy atom. The van der Waals surface area contributed by atoms with Crippen molar-refractivity contribution >= 4 is 17.4 Å². The van der Waals surface area contributed by atoms with Gasteiger partial charge in [-0.1, -0.05) is 12.1 Å². The first-order chi connectivity index (χ1) is 11.5. The molecule has 1 aromatic carbocycles. The lowest BCUT2D eigenvalue weighted by Gasteiger charge is -2.19. The summed E-state index contributed by atoms with van der Waals surface area (Å²) < 4.78 is 1.64. The highest BCUT2D eigenvalue weighted by Crippen LogP contribution is 2.27. The lowest BCUT2D eigenvalue weighted by Crippen LogP contribution is -2.17. The van der Waals surface area contributed by atoms with E-state index in [1.54, 1.807) is 11.5 Å². The van der Waals surface area contributed by atoms with E-state index in [2.05, 4.69) is 16.4 Å². The number of nitrogens with one attached hydrogen (secondary N) is 1. The first kappa shape index (κ1) is 16.2. The third-order valence-corrected chi connectivity index (χ3v) is 4.40. The highest BCUT2D eigenvalue weighted by atomic mass is 16.6. The van der Waals surface area contributed by atoms with Gasteiger partial charge in [0.1, 0.15) is 6.20 Å². The maximum atomic E-state index is 12.2. The zero-order valence-electron chi connectivity index (χ0n) is 13.6. The predicted octanol–water partition coefficient (Wildman–Crippen LogP) is 3.01. The summed E-state index contributed by atoms with van der Waals surface area (Å²) in [6.45, 7) is 2.06. The van der Waals surface area contributed by atoms with Gasteiger partial charge in [-0.15, -0.1) is 0 Å². The summed E-state index contributed by atoms with van der Waals surface area (Å²) in [6.07, 6.45) is 6.03. The van der Waals surface area contributed by atoms with E-state index in [1.807, 2.05) is 12.1 Å². The number of aromatic nitrogens is 2. The Morgan fingerprint density at radius 1 is 1.38 bits per heavy atom. The average molecular weight is 328 g/mol. The fourth-order valence-electron chi connectivity index (χ4n) is 3.14. The van der Waals surface area contributed by atoms with Crippen molar-refractivity contribution in [2.75, 3.05) is 5.32 Å². The van der Waals surface area contributed by atoms with Gasteiger partial charge in [-0.2, -0.15) is 0 Å². The maximum Gasteiger partial charge on any atom is 0.381 e. The lowest BCUT2D eigenvalue weighted by molar-refractivity contribution is -0.389. The van der Waals surface area contributed by atoms with Gasteiger partial charge in [0.25, 0.3) is 0 Å². The van der Waals surface area contributed by atoms with Gasteiger partial charge in [-0.3, -0.25) is 4.79 Å². The van der Waals surface area contributed by atoms with Crippen molar-refractivity contribution < 1.29 is 9.72 Å². The third-order valence-electron chi connectivity index (χ3n) is 4.40. The lowest BCUT2D eigenvalue weighted by atomic mass is 9.90. The van der Waals surface area contributed by atoms with E-state index in [1.165, 1.54) is 23.7 Å². The van der Waals surface area contributed by atoms with Crippen LogP contribution in [-0.2, 0) is 24.2 Å². The zero-order chi connectivity index (χ0) is 17.1. The average Bonchev–Trinajstić information content (AvgIpc) is 2.95. The molecule has 7 nitrogen and oxygen atoms in total. The number of imidazole rings is 1. The number of carbonyl (C=O) groups is 1. The summed E-state index contributed by atoms with van der Waals surface area (Å²) in [7, 11) is 0. The van der Waals surface area contributed by atoms with E-state index in [-0.39, 0.29) is 18.1 Å². The molecule has 126 valence electrons. The van der Waals surface area contributed by atoms with Crippen LogP contribution < -0.4 is 5.32 Å². The molecule has 0 saturated carbocycles. The second kappa shape index (κ2) is 6.82. The number of aryl methyl sites for hydroxylation is 3. The molecule has 0 bridgehead atoms. The quantitative estimate of drug-likeness (QED) is 0.675. The van der Waals surface area contributed by atoms with E-state index in [0.29, 0.717) is 12.4 Å². The largest absolute Gasteiger partial charge is 0.381 e. The van der Waals surface area contributed by atoms with Crippen LogP contribution in [0.1, 0.15) is 36.2 Å². The molecule has 1 heterocycles. The fourth-order valence-corrected chi connectivity index (χ4v) is 3.14. The molecule has 7 heteroatoms. The molecule has 1 N–H and O–H groups in total. The number of nitrogens with zero attached hydrogens (tertiary/aromatic N) is 3. The van der Waals surface area contributed by atoms with Gasteiger partial charge >= 0.3 is 5.82 Å². The number of hydrogen-bond donors (Lipinski definition) is 1. The second-order valence-corrected chi connectivity index (χ2v) is 6.05. The SMILES string of the molecule is Cc1nc([N+](=O)[O-])cn1CCC(=O)Nc1cccc2c1CCCC2. The molecule has 0 spiro atoms. The Hall–Kier alpha value is -2.70. The monoisotopic (exact) mass is 328 g/mol. The summed E-state index contributed by atoms with van der Waals surface area (Å²) in [4.78, 5) is 26.3. The molecule has 1 amide bonds. The molecule has 1 aliphatic carbocycles. The Kier molecular flexibility index (Phi) is 4.59. The van der Waals surface area contributed by atoms with Crippen LogP contribution in [0.25, 0.3) is 0 Å². The molecular weight excluding hydrogens is 308 g/mol. The van der Waals surface area contributed by atoms with Gasteiger partial charge in [0.15, 0.2) is 0 Å². The van der Waals surface area contributed by atoms with Gasteiger partial charge in [0.05, 0.1) is 0 Å². The normalized spacial score (nSPS) is 13.4. The number of nitro groups is 1. The smallest absolute Gasteiger partial charge is 0.358 e. The van der Waals surface area contributed by atoms with Gasteiger partial charge in [0.2, 0.25) is 11.7 Å². The van der Waals surface area contributed by atoms with Crippen molar-refractivity contribution in [3.05, 3.63) is 51.5 Å². The van der Waals surface area contributed by atoms with Crippen molar-refractivity contribution in [2.24, 2.45) is 0 Å². The molecule has 0 fully saturated rings. The molecule has 0 aliphatic heterocycles. The molecular formula is C17H20N4O3. The molecule has 3 rings (SSSR count). The number of amides is 1. The summed E-state index contributed by atoms with van der Waals surface area (Å²) in [5.74, 6) is 0.251. The summed E-state index contributed by atoms with van der Waals surface area (Å²) in [5.41, 5.74) is 3.46. The first-order valence-electron chi connectivity index (χ1n) is 8.13. The van der Waals surface area contributed by atoms with E-state index >= 15 is 0 Å². The van der Waals surface area contributed by atoms with Crippen LogP contribution in [0.4, 0.5) is 11.5 Å². The minimum Gasteiger partial charge on any atom is -0.358 e. The van der Waals surface area contributed by atoms with Gasteiger partial charge in [-0.25, -0.2) is 0 Å². The molecule has 0 saturated heterocycles. The van der Waals surface area contributed by atoms with Crippen LogP contribution in [0.2, 0.25) is 0 Å². The molecule has 0 radical (unpaired) electrons. The van der Waals surface area contributed by atoms with Crippen LogP contribution in [0, 0.1) is 17.0 Å². The van der Waals surface area contributed by atoms with E-state index < -0.39 is 4.92 Å². The summed E-state index contributed by atoms with van der Waals surface area (Å²) >= 11 is 0. The third kappa shape index (κ3) is 3.45. The molecule has 1 aliphatic rings. The van der Waals surface area contributed by atoms with Crippen LogP contribution in [0.3, 0.4) is 0 Å². The highest BCUT2D eigenvalue weighted by molar-refractivity contribution is 5.91. The summed E-state index contributed by atoms with van der Waals surface area (Å²) in [6, 6.07) is 6.04. The number of benzene rings is 1. The number of anilines is 1. The predicted molar refractivity (Wildman–Crippen MR) is 89.9 cm³/mol. The Morgan fingerprint density at radius 2 is 2.17 bits per heavy atom. The van der Waals surface area contributed by atoms with E-state index in [4.69, 9.17) is 0 Å². The van der Waals surface area contributed by atoms with Crippen LogP contribution in [0.15, 0.2) is 24.4 Å². The first-order valence-corrected chi connectivity index (χ1v) is 8.13. The fraction of sp³-hybridized carbons (Fsp3) is 0.412. The van der Waals surface area contributed by atoms with Crippen molar-refractivity contribution in [2.45, 2.75) is 45.6 Å². The zero-order valence-corrected chi connectivity index (χ0v) is 13.6. The molecule has 24 heavy (non-hydrogen) atoms. The van der Waals surface area contributed by atoms with Crippen molar-refractivity contribution in [1.29, 1.82) is 0 Å². The second-order valence-electron chi connectivity index (χ2n) is 6.05. The molecule has 0 unspecified atom stereocenters. The Bertz CT molecular complexity index is 782. The standard InChI is InChI=1S/C17H20N4O3/c1-12-18-16(21(23)24)11-20(12)10-9-17(22)19-15-8-4-6-13-5-2-3-7-14(13)15/h4,6,8,11H,2-3,5,7,9-10H2,1H3,(H,19,22). The number of carbonyl (C=O) groups excluding carboxylic acids is 1. The van der Waals surface area contributed by atoms with Gasteiger partial charge in [-0.05, 0) is 52.8 Å². The van der Waals surface area contributed by atoms with Crippen molar-refractivity contribution in [3.8, 4) is 0 Å². The molecule has 1 aromatic heterocycles. The van der Waals surface area contributed by atoms with Crippen LogP contribution in [-0.4, -0.2) is 20.4 Å². The minimum absolute atomic E-state index is 0.0928. The van der Waals surface area contributed by atoms with Crippen molar-refractivity contribution in [1.82, 2.24) is 9.55 Å². The van der Waals surface area contributed by atoms with Crippen LogP contribution in [0.5, 0.6) is 0 Å². The molecule has 2 aromatic rings. The Labute approximate surface area is 139 Å². The summed E-state index contributed by atoms with van der Waals surface area (Å²) in [5, 5.41) is 13.7. The number of fused-ring (bicyclic) bond motifs is 1. The van der Waals surface area contributed by atoms with Crippen molar-refractivity contribution in [3.63, 3.8) is 0 Å². The minimum atomic E-state index is -0.528. The Balaban J connectivity index is 1.63. The number of rotatable bonds is 5. The van der Waals surface area contributed by atoms with E-state index in [9.17, 15) is 14.9 Å². The highest BCUT2D eigenvalue weighted by Gasteiger charge is 2.17. The van der Waals surface area contributed by atoms with Gasteiger partial charge < -0.3 is 20.0 Å². The number of hydrogen-bond acceptors (Lipinski definition) is 4. The van der Waals surface area contributed by atoms with Crippen LogP contribution >= 0.6 is 0 Å². The topological polar surface area (TPSA) is 90.1 Å². The van der Waals surface area contributed by atoms with Gasteiger partial charge in [0, 0.05) is 25.6 Å². The van der Waals surface area contributed by atoms with E-state index in [0.717, 1.165) is 24.9 Å². The molecule has 0 atom stereocenters. The maximum absolute atomic E-state index is 12.2.